The van der Waals surface area contributed by atoms with Crippen LogP contribution in [0, 0.1) is 65.1 Å². The van der Waals surface area contributed by atoms with E-state index in [0.717, 1.165) is 37.6 Å². The largest absolute Gasteiger partial charge is 0.384 e. The smallest absolute Gasteiger partial charge is 0.137 e. The topological polar surface area (TPSA) is 27.7 Å². The Morgan fingerprint density at radius 1 is 0.933 bits per heavy atom. The number of rotatable bonds is 11. The Morgan fingerprint density at radius 3 is 2.23 bits per heavy atom. The van der Waals surface area contributed by atoms with Crippen LogP contribution >= 0.6 is 19.3 Å². The predicted octanol–water partition coefficient (Wildman–Crippen LogP) is 4.87. The van der Waals surface area contributed by atoms with Gasteiger partial charge in [0, 0.05) is 39.1 Å². The lowest BCUT2D eigenvalue weighted by Gasteiger charge is -2.36. The molecule has 6 unspecified atom stereocenters. The van der Waals surface area contributed by atoms with E-state index in [1.54, 1.807) is 0 Å². The lowest BCUT2D eigenvalue weighted by molar-refractivity contribution is 0.0664. The van der Waals surface area contributed by atoms with Crippen LogP contribution in [-0.2, 0) is 13.7 Å². The van der Waals surface area contributed by atoms with Gasteiger partial charge in [0.2, 0.25) is 0 Å². The molecule has 5 aliphatic rings. The van der Waals surface area contributed by atoms with Crippen LogP contribution in [-0.4, -0.2) is 44.2 Å². The Morgan fingerprint density at radius 2 is 1.57 bits per heavy atom. The summed E-state index contributed by atoms with van der Waals surface area (Å²) in [5.41, 5.74) is 0. The molecule has 0 spiro atoms. The highest BCUT2D eigenvalue weighted by molar-refractivity contribution is 8.53. The molecule has 0 N–H and O–H groups in total. The molecule has 0 aromatic carbocycles. The van der Waals surface area contributed by atoms with Gasteiger partial charge in [-0.15, -0.1) is 0 Å². The molecule has 5 aliphatic carbocycles. The number of ether oxygens (including phenoxy) is 2. The van der Waals surface area contributed by atoms with E-state index in [-0.39, 0.29) is 0 Å². The van der Waals surface area contributed by atoms with Gasteiger partial charge < -0.3 is 13.7 Å². The SMILES string of the molecule is [2H]P([B][3H])SOCC1CC([C@@H]2C(COC)[C@@H]3C=C[C@H]2C3)CC1[C@H]1C(COC)[C@H]2C=C[C@@H]1C2. The van der Waals surface area contributed by atoms with Crippen LogP contribution in [0.25, 0.3) is 0 Å². The molecule has 5 rings (SSSR count). The zero-order valence-corrected chi connectivity index (χ0v) is 20.0. The zero-order chi connectivity index (χ0) is 22.2. The van der Waals surface area contributed by atoms with Gasteiger partial charge in [0.15, 0.2) is 0 Å². The quantitative estimate of drug-likeness (QED) is 0.194. The van der Waals surface area contributed by atoms with E-state index in [0.29, 0.717) is 47.3 Å². The Hall–Kier alpha value is 0.205. The number of methoxy groups -OCH3 is 2. The Labute approximate surface area is 192 Å². The van der Waals surface area contributed by atoms with Crippen LogP contribution in [0.3, 0.4) is 0 Å². The monoisotopic (exact) mass is 450 g/mol. The Bertz CT molecular complexity index is 715. The minimum absolute atomic E-state index is 0.546. The second-order valence-electron chi connectivity index (χ2n) is 10.4. The summed E-state index contributed by atoms with van der Waals surface area (Å²) < 4.78 is 32.6. The third-order valence-corrected chi connectivity index (χ3v) is 10.2. The maximum Gasteiger partial charge on any atom is 0.137 e. The van der Waals surface area contributed by atoms with Crippen molar-refractivity contribution in [1.82, 2.24) is 0 Å². The zero-order valence-electron chi connectivity index (χ0n) is 20.3. The minimum Gasteiger partial charge on any atom is -0.384 e. The second-order valence-corrected chi connectivity index (χ2v) is 12.1. The molecule has 1 radical (unpaired) electrons. The highest BCUT2D eigenvalue weighted by Crippen LogP contribution is 2.61. The van der Waals surface area contributed by atoms with Crippen LogP contribution in [0.15, 0.2) is 24.3 Å². The average molecular weight is 450 g/mol. The molecule has 3 fully saturated rings. The summed E-state index contributed by atoms with van der Waals surface area (Å²) in [4.78, 5) is 0. The van der Waals surface area contributed by atoms with Crippen LogP contribution in [0.1, 0.15) is 25.7 Å². The van der Waals surface area contributed by atoms with Gasteiger partial charge in [0.05, 0.1) is 7.89 Å². The summed E-state index contributed by atoms with van der Waals surface area (Å²) in [6, 6.07) is 0. The van der Waals surface area contributed by atoms with Gasteiger partial charge in [-0.05, 0) is 92.1 Å². The molecule has 0 aliphatic heterocycles. The summed E-state index contributed by atoms with van der Waals surface area (Å²) in [6.07, 6.45) is 15.1. The Balaban J connectivity index is 1.34. The van der Waals surface area contributed by atoms with Crippen molar-refractivity contribution in [3.63, 3.8) is 0 Å². The number of hydrogen-bond acceptors (Lipinski definition) is 4. The van der Waals surface area contributed by atoms with Crippen molar-refractivity contribution >= 4 is 26.8 Å². The van der Waals surface area contributed by atoms with Crippen molar-refractivity contribution in [3.05, 3.63) is 24.3 Å². The Kier molecular flexibility index (Phi) is 6.29. The molecule has 0 amide bonds. The standard InChI is InChI=1S/C24H37BO3PS/c1-26-12-21-14-3-5-16(7-14)23(21)18-9-19(11-28-30-29-25)20(10-18)24-17-6-4-15(8-17)22(24)13-27-2/h3-6,14-25,29H,7-13H2,1-2H3/t14-,15+,16+,17-,18?,19?,20?,21?,22?,23-,24+,29?/m1/s1/i25T,29D. The molecular formula is C24H37BO3PS. The minimum atomic E-state index is -1.25. The summed E-state index contributed by atoms with van der Waals surface area (Å²) in [7, 11) is 3.67. The lowest BCUT2D eigenvalue weighted by atomic mass is 9.70. The molecule has 0 aromatic rings. The van der Waals surface area contributed by atoms with Crippen molar-refractivity contribution in [2.75, 3.05) is 34.0 Å². The summed E-state index contributed by atoms with van der Waals surface area (Å²) in [5, 5.41) is 0. The highest BCUT2D eigenvalue weighted by atomic mass is 32.7. The van der Waals surface area contributed by atoms with E-state index in [2.05, 4.69) is 24.3 Å². The van der Waals surface area contributed by atoms with Crippen LogP contribution in [0.2, 0.25) is 0 Å². The first-order valence-corrected chi connectivity index (χ1v) is 14.1. The summed E-state index contributed by atoms with van der Waals surface area (Å²) in [5.74, 6) is 7.53. The number of fused-ring (bicyclic) bond motifs is 4. The van der Waals surface area contributed by atoms with Gasteiger partial charge in [-0.3, -0.25) is 0 Å². The van der Waals surface area contributed by atoms with Gasteiger partial charge in [-0.1, -0.05) is 31.9 Å². The van der Waals surface area contributed by atoms with Gasteiger partial charge >= 0.3 is 0 Å². The lowest BCUT2D eigenvalue weighted by Crippen LogP contribution is -2.33. The van der Waals surface area contributed by atoms with Crippen LogP contribution in [0.4, 0.5) is 0 Å². The predicted molar refractivity (Wildman–Crippen MR) is 128 cm³/mol. The molecule has 3 nitrogen and oxygen atoms in total. The van der Waals surface area contributed by atoms with Crippen molar-refractivity contribution in [2.24, 2.45) is 65.1 Å². The summed E-state index contributed by atoms with van der Waals surface area (Å²) in [6.45, 7) is 2.48. The fraction of sp³-hybridized carbons (Fsp3) is 0.833. The molecule has 0 aromatic heterocycles. The van der Waals surface area contributed by atoms with Gasteiger partial charge in [0.1, 0.15) is 7.53 Å². The average Bonchev–Trinajstić information content (AvgIpc) is 3.60. The molecule has 12 atom stereocenters. The fourth-order valence-electron chi connectivity index (χ4n) is 8.44. The van der Waals surface area contributed by atoms with E-state index in [1.807, 2.05) is 14.2 Å². The molecule has 4 bridgehead atoms. The molecule has 30 heavy (non-hydrogen) atoms. The summed E-state index contributed by atoms with van der Waals surface area (Å²) >= 11 is 1.21. The molecule has 0 heterocycles. The van der Waals surface area contributed by atoms with E-state index < -0.39 is 7.61 Å². The van der Waals surface area contributed by atoms with E-state index in [9.17, 15) is 0 Å². The van der Waals surface area contributed by atoms with E-state index >= 15 is 0 Å². The van der Waals surface area contributed by atoms with Crippen molar-refractivity contribution < 1.29 is 13.7 Å². The van der Waals surface area contributed by atoms with Gasteiger partial charge in [0.25, 0.3) is 0 Å². The maximum absolute atomic E-state index is 7.88. The van der Waals surface area contributed by atoms with Crippen LogP contribution < -0.4 is 0 Å². The first kappa shape index (κ1) is 19.7. The third kappa shape index (κ3) is 3.90. The van der Waals surface area contributed by atoms with Gasteiger partial charge in [-0.25, -0.2) is 0 Å². The molecule has 165 valence electrons. The van der Waals surface area contributed by atoms with Crippen molar-refractivity contribution in [2.45, 2.75) is 25.7 Å². The van der Waals surface area contributed by atoms with Gasteiger partial charge in [-0.2, -0.15) is 0 Å². The number of allylic oxidation sites excluding steroid dienone is 4. The normalized spacial score (nSPS) is 50.3. The molecular weight excluding hydrogens is 410 g/mol. The number of hydrogen-bond donors (Lipinski definition) is 0. The van der Waals surface area contributed by atoms with Crippen molar-refractivity contribution in [1.29, 1.82) is 2.61 Å². The fourth-order valence-corrected chi connectivity index (χ4v) is 9.10. The van der Waals surface area contributed by atoms with E-state index in [4.69, 9.17) is 16.3 Å². The molecule has 3 saturated carbocycles. The molecule has 0 saturated heterocycles. The van der Waals surface area contributed by atoms with Crippen LogP contribution in [0.5, 0.6) is 0 Å². The van der Waals surface area contributed by atoms with Crippen molar-refractivity contribution in [3.8, 4) is 0 Å². The second kappa shape index (κ2) is 9.60. The maximum atomic E-state index is 7.88. The molecule has 6 heteroatoms. The highest BCUT2D eigenvalue weighted by Gasteiger charge is 2.55. The third-order valence-electron chi connectivity index (χ3n) is 9.30. The first-order chi connectivity index (χ1) is 15.6. The van der Waals surface area contributed by atoms with E-state index in [1.165, 1.54) is 44.9 Å². The first-order valence-electron chi connectivity index (χ1n) is 12.8.